The van der Waals surface area contributed by atoms with E-state index in [1.54, 1.807) is 0 Å². The minimum absolute atomic E-state index is 0.0205. The summed E-state index contributed by atoms with van der Waals surface area (Å²) >= 11 is 0. The molecule has 112 valence electrons. The predicted octanol–water partition coefficient (Wildman–Crippen LogP) is 1.51. The van der Waals surface area contributed by atoms with E-state index in [4.69, 9.17) is 4.52 Å². The van der Waals surface area contributed by atoms with Gasteiger partial charge >= 0.3 is 0 Å². The molecule has 5 nitrogen and oxygen atoms in total. The second-order valence-corrected chi connectivity index (χ2v) is 5.38. The first-order chi connectivity index (χ1) is 9.30. The number of hydrogen-bond donors (Lipinski definition) is 2. The Morgan fingerprint density at radius 3 is 2.80 bits per heavy atom. The van der Waals surface area contributed by atoms with Gasteiger partial charge in [-0.2, -0.15) is 0 Å². The quantitative estimate of drug-likeness (QED) is 0.881. The van der Waals surface area contributed by atoms with Gasteiger partial charge in [-0.05, 0) is 13.8 Å². The molecule has 1 aliphatic rings. The summed E-state index contributed by atoms with van der Waals surface area (Å²) in [7, 11) is 0. The van der Waals surface area contributed by atoms with Crippen molar-refractivity contribution in [2.45, 2.75) is 45.1 Å². The molecular weight excluding hydrogens is 268 g/mol. The summed E-state index contributed by atoms with van der Waals surface area (Å²) in [6, 6.07) is -0.818. The highest BCUT2D eigenvalue weighted by molar-refractivity contribution is 5.82. The molecule has 7 heteroatoms. The molecule has 1 aliphatic heterocycles. The number of aryl methyl sites for hydroxylation is 2. The van der Waals surface area contributed by atoms with Crippen molar-refractivity contribution in [2.75, 3.05) is 13.1 Å². The van der Waals surface area contributed by atoms with Crippen LogP contribution in [-0.4, -0.2) is 36.1 Å². The highest BCUT2D eigenvalue weighted by atomic mass is 19.3. The summed E-state index contributed by atoms with van der Waals surface area (Å²) in [5.41, 5.74) is 1.74. The fraction of sp³-hybridized carbons (Fsp3) is 0.692. The van der Waals surface area contributed by atoms with E-state index in [1.807, 2.05) is 20.8 Å². The Kier molecular flexibility index (Phi) is 4.08. The molecule has 0 radical (unpaired) electrons. The Hall–Kier alpha value is -1.50. The molecule has 0 bridgehead atoms. The monoisotopic (exact) mass is 287 g/mol. The Morgan fingerprint density at radius 2 is 2.30 bits per heavy atom. The van der Waals surface area contributed by atoms with Crippen LogP contribution in [0, 0.1) is 13.8 Å². The number of carbonyl (C=O) groups is 1. The van der Waals surface area contributed by atoms with Gasteiger partial charge in [0.1, 0.15) is 5.76 Å². The van der Waals surface area contributed by atoms with Crippen molar-refractivity contribution in [1.29, 1.82) is 0 Å². The number of carbonyl (C=O) groups excluding carboxylic acids is 1. The number of rotatable bonds is 4. The van der Waals surface area contributed by atoms with Crippen LogP contribution < -0.4 is 10.6 Å². The molecule has 0 saturated carbocycles. The number of hydrogen-bond acceptors (Lipinski definition) is 4. The Morgan fingerprint density at radius 1 is 1.60 bits per heavy atom. The second-order valence-electron chi connectivity index (χ2n) is 5.38. The van der Waals surface area contributed by atoms with E-state index in [1.165, 1.54) is 0 Å². The summed E-state index contributed by atoms with van der Waals surface area (Å²) in [4.78, 5) is 11.8. The Bertz CT molecular complexity index is 482. The lowest BCUT2D eigenvalue weighted by atomic mass is 9.99. The van der Waals surface area contributed by atoms with E-state index in [0.717, 1.165) is 17.0 Å². The molecule has 2 rings (SSSR count). The van der Waals surface area contributed by atoms with Gasteiger partial charge in [0.05, 0.1) is 18.3 Å². The third-order valence-electron chi connectivity index (χ3n) is 3.59. The van der Waals surface area contributed by atoms with Crippen LogP contribution in [0.25, 0.3) is 0 Å². The zero-order chi connectivity index (χ0) is 14.9. The standard InChI is InChI=1S/C13H19F2N3O2/c1-7(11-8(2)18-20-9(11)3)5-16-12(19)10-4-13(14,15)6-17-10/h7,10,17H,4-6H2,1-3H3,(H,16,19). The molecule has 1 aromatic rings. The van der Waals surface area contributed by atoms with Gasteiger partial charge in [0.25, 0.3) is 5.92 Å². The maximum Gasteiger partial charge on any atom is 0.262 e. The average Bonchev–Trinajstić information content (AvgIpc) is 2.89. The molecule has 0 spiro atoms. The van der Waals surface area contributed by atoms with Crippen LogP contribution in [0.5, 0.6) is 0 Å². The predicted molar refractivity (Wildman–Crippen MR) is 68.8 cm³/mol. The SMILES string of the molecule is Cc1noc(C)c1C(C)CNC(=O)C1CC(F)(F)CN1. The molecule has 2 atom stereocenters. The second kappa shape index (κ2) is 5.47. The van der Waals surface area contributed by atoms with Crippen LogP contribution in [0.1, 0.15) is 36.3 Å². The van der Waals surface area contributed by atoms with Gasteiger partial charge in [-0.1, -0.05) is 12.1 Å². The Labute approximate surface area is 116 Å². The molecule has 2 heterocycles. The molecule has 0 aromatic carbocycles. The van der Waals surface area contributed by atoms with E-state index in [9.17, 15) is 13.6 Å². The number of nitrogens with zero attached hydrogens (tertiary/aromatic N) is 1. The average molecular weight is 287 g/mol. The van der Waals surface area contributed by atoms with E-state index >= 15 is 0 Å². The lowest BCUT2D eigenvalue weighted by Gasteiger charge is -2.15. The Balaban J connectivity index is 1.88. The molecular formula is C13H19F2N3O2. The molecule has 1 aromatic heterocycles. The molecule has 2 N–H and O–H groups in total. The van der Waals surface area contributed by atoms with Gasteiger partial charge in [-0.3, -0.25) is 10.1 Å². The highest BCUT2D eigenvalue weighted by Crippen LogP contribution is 2.25. The first-order valence-corrected chi connectivity index (χ1v) is 6.62. The topological polar surface area (TPSA) is 67.2 Å². The molecule has 0 aliphatic carbocycles. The van der Waals surface area contributed by atoms with Crippen molar-refractivity contribution in [2.24, 2.45) is 0 Å². The summed E-state index contributed by atoms with van der Waals surface area (Å²) in [5.74, 6) is -2.45. The van der Waals surface area contributed by atoms with E-state index in [2.05, 4.69) is 15.8 Å². The fourth-order valence-electron chi connectivity index (χ4n) is 2.57. The third-order valence-corrected chi connectivity index (χ3v) is 3.59. The summed E-state index contributed by atoms with van der Waals surface area (Å²) < 4.78 is 31.1. The van der Waals surface area contributed by atoms with Crippen molar-refractivity contribution in [3.63, 3.8) is 0 Å². The van der Waals surface area contributed by atoms with Crippen LogP contribution in [-0.2, 0) is 4.79 Å². The number of alkyl halides is 2. The summed E-state index contributed by atoms with van der Waals surface area (Å²) in [6.07, 6.45) is -0.446. The third kappa shape index (κ3) is 3.15. The summed E-state index contributed by atoms with van der Waals surface area (Å²) in [5, 5.41) is 9.10. The van der Waals surface area contributed by atoms with Crippen molar-refractivity contribution < 1.29 is 18.1 Å². The van der Waals surface area contributed by atoms with Crippen LogP contribution in [0.3, 0.4) is 0 Å². The van der Waals surface area contributed by atoms with Gasteiger partial charge in [-0.15, -0.1) is 0 Å². The van der Waals surface area contributed by atoms with Crippen LogP contribution >= 0.6 is 0 Å². The van der Waals surface area contributed by atoms with Crippen LogP contribution in [0.2, 0.25) is 0 Å². The molecule has 1 fully saturated rings. The van der Waals surface area contributed by atoms with Crippen molar-refractivity contribution in [3.8, 4) is 0 Å². The van der Waals surface area contributed by atoms with Crippen molar-refractivity contribution >= 4 is 5.91 Å². The van der Waals surface area contributed by atoms with E-state index in [0.29, 0.717) is 6.54 Å². The van der Waals surface area contributed by atoms with Gasteiger partial charge in [0, 0.05) is 24.4 Å². The highest BCUT2D eigenvalue weighted by Gasteiger charge is 2.42. The zero-order valence-corrected chi connectivity index (χ0v) is 11.8. The minimum atomic E-state index is -2.80. The zero-order valence-electron chi connectivity index (χ0n) is 11.8. The smallest absolute Gasteiger partial charge is 0.262 e. The first kappa shape index (κ1) is 14.9. The molecule has 20 heavy (non-hydrogen) atoms. The van der Waals surface area contributed by atoms with Crippen LogP contribution in [0.15, 0.2) is 4.52 Å². The van der Waals surface area contributed by atoms with Gasteiger partial charge in [0.15, 0.2) is 0 Å². The van der Waals surface area contributed by atoms with Gasteiger partial charge < -0.3 is 9.84 Å². The normalized spacial score (nSPS) is 22.8. The minimum Gasteiger partial charge on any atom is -0.361 e. The summed E-state index contributed by atoms with van der Waals surface area (Å²) in [6.45, 7) is 5.51. The van der Waals surface area contributed by atoms with Crippen molar-refractivity contribution in [3.05, 3.63) is 17.0 Å². The van der Waals surface area contributed by atoms with Gasteiger partial charge in [-0.25, -0.2) is 8.78 Å². The first-order valence-electron chi connectivity index (χ1n) is 6.62. The maximum absolute atomic E-state index is 13.0. The van der Waals surface area contributed by atoms with Gasteiger partial charge in [0.2, 0.25) is 5.91 Å². The number of nitrogens with one attached hydrogen (secondary N) is 2. The fourth-order valence-corrected chi connectivity index (χ4v) is 2.57. The molecule has 1 amide bonds. The maximum atomic E-state index is 13.0. The lowest BCUT2D eigenvalue weighted by Crippen LogP contribution is -2.41. The molecule has 2 unspecified atom stereocenters. The number of amides is 1. The molecule has 1 saturated heterocycles. The van der Waals surface area contributed by atoms with E-state index < -0.39 is 24.9 Å². The van der Waals surface area contributed by atoms with Crippen LogP contribution in [0.4, 0.5) is 8.78 Å². The number of halogens is 2. The lowest BCUT2D eigenvalue weighted by molar-refractivity contribution is -0.123. The van der Waals surface area contributed by atoms with Crippen molar-refractivity contribution in [1.82, 2.24) is 15.8 Å². The largest absolute Gasteiger partial charge is 0.361 e. The van der Waals surface area contributed by atoms with E-state index in [-0.39, 0.29) is 11.8 Å². The number of aromatic nitrogens is 1.